The average Bonchev–Trinajstić information content (AvgIpc) is 2.61. The predicted octanol–water partition coefficient (Wildman–Crippen LogP) is 1.89. The van der Waals surface area contributed by atoms with Crippen LogP contribution in [0.25, 0.3) is 0 Å². The maximum atomic E-state index is 11.8. The van der Waals surface area contributed by atoms with Gasteiger partial charge < -0.3 is 10.6 Å². The van der Waals surface area contributed by atoms with Gasteiger partial charge in [0.05, 0.1) is 0 Å². The van der Waals surface area contributed by atoms with Crippen LogP contribution in [-0.2, 0) is 4.79 Å². The fourth-order valence-corrected chi connectivity index (χ4v) is 2.42. The number of anilines is 3. The van der Waals surface area contributed by atoms with Gasteiger partial charge in [0.1, 0.15) is 11.4 Å². The van der Waals surface area contributed by atoms with E-state index in [-0.39, 0.29) is 18.2 Å². The second-order valence-electron chi connectivity index (χ2n) is 5.73. The number of rotatable bonds is 9. The molecule has 0 aliphatic heterocycles. The molecule has 4 N–H and O–H groups in total. The monoisotopic (exact) mass is 331 g/mol. The Morgan fingerprint density at radius 3 is 2.42 bits per heavy atom. The highest BCUT2D eigenvalue weighted by atomic mass is 16.5. The lowest BCUT2D eigenvalue weighted by molar-refractivity contribution is -0.129. The molecule has 1 unspecified atom stereocenters. The van der Waals surface area contributed by atoms with E-state index in [1.54, 1.807) is 5.48 Å². The van der Waals surface area contributed by atoms with Crippen LogP contribution in [0.2, 0.25) is 0 Å². The zero-order chi connectivity index (χ0) is 17.5. The average molecular weight is 331 g/mol. The highest BCUT2D eigenvalue weighted by Gasteiger charge is 2.22. The van der Waals surface area contributed by atoms with Crippen LogP contribution >= 0.6 is 0 Å². The highest BCUT2D eigenvalue weighted by Crippen LogP contribution is 2.21. The third-order valence-electron chi connectivity index (χ3n) is 3.76. The van der Waals surface area contributed by atoms with Crippen LogP contribution in [0.3, 0.4) is 0 Å². The molecule has 7 nitrogen and oxygen atoms in total. The van der Waals surface area contributed by atoms with Gasteiger partial charge in [-0.05, 0) is 31.9 Å². The minimum Gasteiger partial charge on any atom is -0.377 e. The number of carbonyl (C=O) groups is 1. The molecule has 0 aliphatic rings. The first-order chi connectivity index (χ1) is 11.5. The van der Waals surface area contributed by atoms with E-state index in [0.717, 1.165) is 18.5 Å². The maximum absolute atomic E-state index is 11.8. The number of hydrogen-bond donors (Lipinski definition) is 4. The van der Waals surface area contributed by atoms with Gasteiger partial charge in [0.2, 0.25) is 5.91 Å². The van der Waals surface area contributed by atoms with Crippen molar-refractivity contribution in [1.29, 1.82) is 0 Å². The Morgan fingerprint density at radius 2 is 1.75 bits per heavy atom. The molecule has 0 spiro atoms. The molecule has 2 rings (SSSR count). The van der Waals surface area contributed by atoms with E-state index in [1.165, 1.54) is 0 Å². The van der Waals surface area contributed by atoms with Crippen molar-refractivity contribution in [2.24, 2.45) is 0 Å². The second kappa shape index (κ2) is 8.26. The minimum absolute atomic E-state index is 0.0122. The summed E-state index contributed by atoms with van der Waals surface area (Å²) in [5.74, 6) is -0.410. The van der Waals surface area contributed by atoms with Gasteiger partial charge >= 0.3 is 0 Å². The minimum atomic E-state index is -0.520. The topological polar surface area (TPSA) is 108 Å². The van der Waals surface area contributed by atoms with Gasteiger partial charge in [0.15, 0.2) is 0 Å². The van der Waals surface area contributed by atoms with Gasteiger partial charge in [0, 0.05) is 18.2 Å². The van der Waals surface area contributed by atoms with Crippen LogP contribution in [0.1, 0.15) is 32.6 Å². The van der Waals surface area contributed by atoms with Gasteiger partial charge in [-0.3, -0.25) is 19.6 Å². The molecule has 0 saturated heterocycles. The lowest BCUT2D eigenvalue weighted by atomic mass is 10.1. The Balaban J connectivity index is 1.88. The molecule has 0 aliphatic carbocycles. The lowest BCUT2D eigenvalue weighted by Gasteiger charge is -2.19. The third kappa shape index (κ3) is 4.42. The highest BCUT2D eigenvalue weighted by molar-refractivity contribution is 5.78. The standard InChI is InChI=1S/C17H21N3O4/c1-11(7-5-6-10-13(21)20-24)18-14-15(17(23)16(14)22)19-12-8-3-2-4-9-12/h2-4,8-9,11,18-19,24H,5-7,10H2,1H3,(H,20,21). The summed E-state index contributed by atoms with van der Waals surface area (Å²) in [4.78, 5) is 34.4. The Kier molecular flexibility index (Phi) is 6.08. The fourth-order valence-electron chi connectivity index (χ4n) is 2.42. The first-order valence-electron chi connectivity index (χ1n) is 7.87. The summed E-state index contributed by atoms with van der Waals surface area (Å²) in [6, 6.07) is 9.16. The number of unbranched alkanes of at least 4 members (excludes halogenated alkanes) is 1. The molecule has 0 fully saturated rings. The lowest BCUT2D eigenvalue weighted by Crippen LogP contribution is -2.38. The number of hydrogen-bond acceptors (Lipinski definition) is 6. The van der Waals surface area contributed by atoms with Gasteiger partial charge in [-0.1, -0.05) is 24.6 Å². The zero-order valence-corrected chi connectivity index (χ0v) is 13.5. The normalized spacial score (nSPS) is 11.9. The summed E-state index contributed by atoms with van der Waals surface area (Å²) < 4.78 is 0. The van der Waals surface area contributed by atoms with Crippen LogP contribution < -0.4 is 27.0 Å². The summed E-state index contributed by atoms with van der Waals surface area (Å²) in [5.41, 5.74) is 1.90. The van der Waals surface area contributed by atoms with Crippen molar-refractivity contribution in [3.63, 3.8) is 0 Å². The van der Waals surface area contributed by atoms with E-state index in [9.17, 15) is 14.4 Å². The van der Waals surface area contributed by atoms with Crippen molar-refractivity contribution in [2.75, 3.05) is 10.6 Å². The van der Waals surface area contributed by atoms with E-state index in [2.05, 4.69) is 10.6 Å². The smallest absolute Gasteiger partial charge is 0.253 e. The van der Waals surface area contributed by atoms with E-state index in [0.29, 0.717) is 12.1 Å². The van der Waals surface area contributed by atoms with Crippen molar-refractivity contribution in [2.45, 2.75) is 38.6 Å². The van der Waals surface area contributed by atoms with Crippen molar-refractivity contribution >= 4 is 23.0 Å². The molecular weight excluding hydrogens is 310 g/mol. The molecule has 0 saturated carbocycles. The number of amides is 1. The molecular formula is C17H21N3O4. The summed E-state index contributed by atoms with van der Waals surface area (Å²) in [6.45, 7) is 1.91. The van der Waals surface area contributed by atoms with E-state index < -0.39 is 16.8 Å². The molecule has 0 radical (unpaired) electrons. The zero-order valence-electron chi connectivity index (χ0n) is 13.5. The van der Waals surface area contributed by atoms with Gasteiger partial charge in [-0.2, -0.15) is 0 Å². The Labute approximate surface area is 139 Å². The summed E-state index contributed by atoms with van der Waals surface area (Å²) in [5, 5.41) is 14.4. The Morgan fingerprint density at radius 1 is 1.08 bits per heavy atom. The van der Waals surface area contributed by atoms with Crippen molar-refractivity contribution in [1.82, 2.24) is 5.48 Å². The molecule has 24 heavy (non-hydrogen) atoms. The molecule has 128 valence electrons. The second-order valence-corrected chi connectivity index (χ2v) is 5.73. The van der Waals surface area contributed by atoms with Gasteiger partial charge in [-0.15, -0.1) is 0 Å². The molecule has 0 bridgehead atoms. The molecule has 0 aromatic heterocycles. The maximum Gasteiger partial charge on any atom is 0.253 e. The third-order valence-corrected chi connectivity index (χ3v) is 3.76. The summed E-state index contributed by atoms with van der Waals surface area (Å²) >= 11 is 0. The predicted molar refractivity (Wildman–Crippen MR) is 92.6 cm³/mol. The molecule has 0 heterocycles. The molecule has 1 atom stereocenters. The fraction of sp³-hybridized carbons (Fsp3) is 0.353. The van der Waals surface area contributed by atoms with Crippen molar-refractivity contribution < 1.29 is 10.0 Å². The number of hydroxylamine groups is 1. The van der Waals surface area contributed by atoms with Gasteiger partial charge in [0.25, 0.3) is 10.9 Å². The van der Waals surface area contributed by atoms with E-state index >= 15 is 0 Å². The molecule has 1 amide bonds. The molecule has 2 aromatic rings. The Hall–Kier alpha value is -2.67. The largest absolute Gasteiger partial charge is 0.377 e. The quantitative estimate of drug-likeness (QED) is 0.242. The van der Waals surface area contributed by atoms with Crippen LogP contribution in [0.5, 0.6) is 0 Å². The van der Waals surface area contributed by atoms with Gasteiger partial charge in [-0.25, -0.2) is 5.48 Å². The Bertz CT molecular complexity index is 751. The summed E-state index contributed by atoms with van der Waals surface area (Å²) in [7, 11) is 0. The SMILES string of the molecule is CC(CCCCC(=O)NO)Nc1c(Nc2ccccc2)c(=O)c1=O. The number of para-hydroxylation sites is 1. The van der Waals surface area contributed by atoms with Crippen LogP contribution in [0, 0.1) is 0 Å². The first-order valence-corrected chi connectivity index (χ1v) is 7.87. The van der Waals surface area contributed by atoms with E-state index in [1.807, 2.05) is 37.3 Å². The van der Waals surface area contributed by atoms with Crippen molar-refractivity contribution in [3.05, 3.63) is 50.8 Å². The first kappa shape index (κ1) is 17.7. The van der Waals surface area contributed by atoms with E-state index in [4.69, 9.17) is 5.21 Å². The van der Waals surface area contributed by atoms with Crippen LogP contribution in [0.4, 0.5) is 17.1 Å². The number of nitrogens with one attached hydrogen (secondary N) is 3. The number of benzene rings is 1. The summed E-state index contributed by atoms with van der Waals surface area (Å²) in [6.07, 6.45) is 2.39. The number of carbonyl (C=O) groups excluding carboxylic acids is 1. The van der Waals surface area contributed by atoms with Crippen LogP contribution in [0.15, 0.2) is 39.9 Å². The van der Waals surface area contributed by atoms with Crippen LogP contribution in [-0.4, -0.2) is 17.2 Å². The molecule has 2 aromatic carbocycles. The molecule has 7 heteroatoms. The van der Waals surface area contributed by atoms with Crippen molar-refractivity contribution in [3.8, 4) is 0 Å².